The lowest BCUT2D eigenvalue weighted by atomic mass is 10.2. The number of nitrogens with one attached hydrogen (secondary N) is 1. The van der Waals surface area contributed by atoms with E-state index in [0.29, 0.717) is 32.0 Å². The molecule has 1 amide bonds. The second-order valence-electron chi connectivity index (χ2n) is 7.92. The summed E-state index contributed by atoms with van der Waals surface area (Å²) in [5, 5.41) is 8.60. The van der Waals surface area contributed by atoms with Crippen LogP contribution < -0.4 is 16.1 Å². The van der Waals surface area contributed by atoms with Crippen molar-refractivity contribution in [1.82, 2.24) is 29.6 Å². The minimum Gasteiger partial charge on any atom is -0.352 e. The number of hydrogen-bond donors (Lipinski definition) is 1. The maximum absolute atomic E-state index is 13.3. The zero-order valence-corrected chi connectivity index (χ0v) is 18.5. The molecule has 1 N–H and O–H groups in total. The summed E-state index contributed by atoms with van der Waals surface area (Å²) in [7, 11) is 0. The molecule has 0 bridgehead atoms. The summed E-state index contributed by atoms with van der Waals surface area (Å²) < 4.78 is 14.1. The molecule has 4 heterocycles. The summed E-state index contributed by atoms with van der Waals surface area (Å²) in [4.78, 5) is 48.3. The number of hydrogen-bond acceptors (Lipinski definition) is 7. The lowest BCUT2D eigenvalue weighted by Gasteiger charge is -2.35. The second kappa shape index (κ2) is 9.29. The van der Waals surface area contributed by atoms with E-state index in [1.807, 2.05) is 29.2 Å². The first-order valence-electron chi connectivity index (χ1n) is 10.9. The van der Waals surface area contributed by atoms with Crippen LogP contribution in [-0.4, -0.2) is 61.7 Å². The maximum atomic E-state index is 13.3. The lowest BCUT2D eigenvalue weighted by molar-refractivity contribution is 0.0743. The van der Waals surface area contributed by atoms with E-state index in [0.717, 1.165) is 34.2 Å². The molecular formula is C24H20FN7O3. The van der Waals surface area contributed by atoms with Crippen LogP contribution >= 0.6 is 0 Å². The number of pyridine rings is 1. The monoisotopic (exact) mass is 473 g/mol. The molecule has 1 fully saturated rings. The van der Waals surface area contributed by atoms with E-state index in [4.69, 9.17) is 0 Å². The van der Waals surface area contributed by atoms with Gasteiger partial charge in [-0.05, 0) is 48.5 Å². The van der Waals surface area contributed by atoms with E-state index >= 15 is 0 Å². The highest BCUT2D eigenvalue weighted by molar-refractivity contribution is 5.93. The molecule has 4 aromatic rings. The molecule has 1 aromatic carbocycles. The first-order chi connectivity index (χ1) is 17.0. The van der Waals surface area contributed by atoms with Gasteiger partial charge >= 0.3 is 5.69 Å². The summed E-state index contributed by atoms with van der Waals surface area (Å²) in [6, 6.07) is 12.4. The van der Waals surface area contributed by atoms with Crippen molar-refractivity contribution in [2.24, 2.45) is 0 Å². The number of H-pyrrole nitrogens is 1. The van der Waals surface area contributed by atoms with Gasteiger partial charge in [-0.1, -0.05) is 0 Å². The Kier molecular flexibility index (Phi) is 5.88. The summed E-state index contributed by atoms with van der Waals surface area (Å²) in [6.45, 7) is 1.73. The van der Waals surface area contributed by atoms with E-state index in [2.05, 4.69) is 20.2 Å². The molecule has 0 spiro atoms. The normalized spacial score (nSPS) is 13.6. The van der Waals surface area contributed by atoms with Crippen LogP contribution in [0.1, 0.15) is 10.4 Å². The topological polar surface area (TPSA) is 117 Å². The van der Waals surface area contributed by atoms with Crippen molar-refractivity contribution < 1.29 is 9.18 Å². The molecule has 0 unspecified atom stereocenters. The molecule has 1 aliphatic rings. The Morgan fingerprint density at radius 1 is 0.886 bits per heavy atom. The van der Waals surface area contributed by atoms with E-state index in [-0.39, 0.29) is 11.3 Å². The summed E-state index contributed by atoms with van der Waals surface area (Å²) >= 11 is 0. The molecule has 0 saturated carbocycles. The number of carbonyl (C=O) groups excluding carboxylic acids is 1. The van der Waals surface area contributed by atoms with Gasteiger partial charge in [-0.25, -0.2) is 13.8 Å². The van der Waals surface area contributed by atoms with Crippen molar-refractivity contribution in [3.8, 4) is 16.9 Å². The third-order valence-corrected chi connectivity index (χ3v) is 5.81. The van der Waals surface area contributed by atoms with Gasteiger partial charge in [0.05, 0.1) is 11.4 Å². The molecular weight excluding hydrogens is 453 g/mol. The van der Waals surface area contributed by atoms with Gasteiger partial charge in [-0.3, -0.25) is 14.6 Å². The molecule has 10 nitrogen and oxygen atoms in total. The molecule has 1 saturated heterocycles. The van der Waals surface area contributed by atoms with E-state index in [1.54, 1.807) is 17.3 Å². The van der Waals surface area contributed by atoms with Crippen molar-refractivity contribution in [2.75, 3.05) is 31.1 Å². The van der Waals surface area contributed by atoms with Crippen molar-refractivity contribution >= 4 is 11.7 Å². The summed E-state index contributed by atoms with van der Waals surface area (Å²) in [5.41, 5.74) is 0.194. The fourth-order valence-electron chi connectivity index (χ4n) is 3.93. The van der Waals surface area contributed by atoms with Gasteiger partial charge in [0.1, 0.15) is 11.4 Å². The Hall–Kier alpha value is -4.67. The summed E-state index contributed by atoms with van der Waals surface area (Å²) in [5.74, 6) is -0.293. The predicted molar refractivity (Wildman–Crippen MR) is 126 cm³/mol. The first kappa shape index (κ1) is 22.1. The SMILES string of the molecule is O=C(c1c[nH]c(=O)n(-c2ccc(F)cc2)c1=O)N1CCN(c2ccc(-c3ccncc3)nn2)CC1. The van der Waals surface area contributed by atoms with Crippen LogP contribution in [0.2, 0.25) is 0 Å². The van der Waals surface area contributed by atoms with E-state index < -0.39 is 23.0 Å². The quantitative estimate of drug-likeness (QED) is 0.477. The van der Waals surface area contributed by atoms with Gasteiger partial charge in [0, 0.05) is 50.3 Å². The van der Waals surface area contributed by atoms with Crippen molar-refractivity contribution in [3.63, 3.8) is 0 Å². The van der Waals surface area contributed by atoms with E-state index in [1.165, 1.54) is 12.1 Å². The number of halogens is 1. The predicted octanol–water partition coefficient (Wildman–Crippen LogP) is 1.48. The molecule has 0 atom stereocenters. The maximum Gasteiger partial charge on any atom is 0.333 e. The Bertz CT molecular complexity index is 1460. The highest BCUT2D eigenvalue weighted by Crippen LogP contribution is 2.19. The second-order valence-corrected chi connectivity index (χ2v) is 7.92. The fourth-order valence-corrected chi connectivity index (χ4v) is 3.93. The fraction of sp³-hybridized carbons (Fsp3) is 0.167. The number of piperazine rings is 1. The van der Waals surface area contributed by atoms with Gasteiger partial charge in [0.25, 0.3) is 11.5 Å². The summed E-state index contributed by atoms with van der Waals surface area (Å²) in [6.07, 6.45) is 4.51. The van der Waals surface area contributed by atoms with Crippen LogP contribution in [0.25, 0.3) is 16.9 Å². The minimum atomic E-state index is -0.759. The van der Waals surface area contributed by atoms with E-state index in [9.17, 15) is 18.8 Å². The number of amides is 1. The van der Waals surface area contributed by atoms with Gasteiger partial charge < -0.3 is 14.8 Å². The average Bonchev–Trinajstić information content (AvgIpc) is 2.90. The molecule has 3 aromatic heterocycles. The zero-order chi connectivity index (χ0) is 24.4. The molecule has 0 radical (unpaired) electrons. The third kappa shape index (κ3) is 4.43. The van der Waals surface area contributed by atoms with Crippen LogP contribution in [0, 0.1) is 5.82 Å². The van der Waals surface area contributed by atoms with Crippen LogP contribution in [0.3, 0.4) is 0 Å². The van der Waals surface area contributed by atoms with Crippen molar-refractivity contribution in [2.45, 2.75) is 0 Å². The Balaban J connectivity index is 1.30. The molecule has 35 heavy (non-hydrogen) atoms. The Morgan fingerprint density at radius 3 is 2.26 bits per heavy atom. The smallest absolute Gasteiger partial charge is 0.333 e. The van der Waals surface area contributed by atoms with Crippen LogP contribution in [0.15, 0.2) is 76.7 Å². The van der Waals surface area contributed by atoms with Crippen molar-refractivity contribution in [1.29, 1.82) is 0 Å². The van der Waals surface area contributed by atoms with Crippen LogP contribution in [0.4, 0.5) is 10.2 Å². The molecule has 11 heteroatoms. The van der Waals surface area contributed by atoms with Gasteiger partial charge in [-0.2, -0.15) is 0 Å². The zero-order valence-electron chi connectivity index (χ0n) is 18.5. The Morgan fingerprint density at radius 2 is 1.60 bits per heavy atom. The number of nitrogens with zero attached hydrogens (tertiary/aromatic N) is 6. The lowest BCUT2D eigenvalue weighted by Crippen LogP contribution is -2.50. The average molecular weight is 473 g/mol. The van der Waals surface area contributed by atoms with Crippen LogP contribution in [0.5, 0.6) is 0 Å². The number of benzene rings is 1. The van der Waals surface area contributed by atoms with Gasteiger partial charge in [-0.15, -0.1) is 10.2 Å². The highest BCUT2D eigenvalue weighted by Gasteiger charge is 2.26. The van der Waals surface area contributed by atoms with Crippen molar-refractivity contribution in [3.05, 3.63) is 99.3 Å². The highest BCUT2D eigenvalue weighted by atomic mass is 19.1. The molecule has 1 aliphatic heterocycles. The number of carbonyl (C=O) groups is 1. The molecule has 176 valence electrons. The molecule has 5 rings (SSSR count). The number of aromatic amines is 1. The Labute approximate surface area is 198 Å². The number of aromatic nitrogens is 5. The van der Waals surface area contributed by atoms with Gasteiger partial charge in [0.2, 0.25) is 0 Å². The number of rotatable bonds is 4. The minimum absolute atomic E-state index is 0.163. The number of anilines is 1. The third-order valence-electron chi connectivity index (χ3n) is 5.81. The largest absolute Gasteiger partial charge is 0.352 e. The standard InChI is InChI=1S/C24H20FN7O3/c25-17-1-3-18(4-2-17)32-23(34)19(15-27-24(32)35)22(33)31-13-11-30(12-14-31)21-6-5-20(28-29-21)16-7-9-26-10-8-16/h1-10,15H,11-14H2,(H,27,35). The first-order valence-corrected chi connectivity index (χ1v) is 10.9. The molecule has 0 aliphatic carbocycles. The van der Waals surface area contributed by atoms with Crippen LogP contribution in [-0.2, 0) is 0 Å². The van der Waals surface area contributed by atoms with Gasteiger partial charge in [0.15, 0.2) is 5.82 Å².